The highest BCUT2D eigenvalue weighted by Crippen LogP contribution is 2.37. The molecule has 3 aromatic rings. The van der Waals surface area contributed by atoms with E-state index in [1.807, 2.05) is 62.4 Å². The van der Waals surface area contributed by atoms with E-state index in [9.17, 15) is 14.4 Å². The summed E-state index contributed by atoms with van der Waals surface area (Å²) in [5.41, 5.74) is 3.43. The fraction of sp³-hybridized carbons (Fsp3) is 0.382. The number of methoxy groups -OCH3 is 1. The van der Waals surface area contributed by atoms with E-state index in [1.165, 1.54) is 0 Å². The number of nitrogens with zero attached hydrogens (tertiary/aromatic N) is 1. The van der Waals surface area contributed by atoms with Gasteiger partial charge in [0.2, 0.25) is 5.91 Å². The molecule has 4 rings (SSSR count). The smallest absolute Gasteiger partial charge is 0.408 e. The van der Waals surface area contributed by atoms with Gasteiger partial charge in [0.1, 0.15) is 23.4 Å². The van der Waals surface area contributed by atoms with Crippen LogP contribution in [-0.4, -0.2) is 47.6 Å². The van der Waals surface area contributed by atoms with Crippen molar-refractivity contribution in [3.63, 3.8) is 0 Å². The van der Waals surface area contributed by atoms with E-state index in [2.05, 4.69) is 10.6 Å². The van der Waals surface area contributed by atoms with Crippen molar-refractivity contribution >= 4 is 23.6 Å². The second-order valence-electron chi connectivity index (χ2n) is 11.9. The quantitative estimate of drug-likeness (QED) is 0.306. The number of aryl methyl sites for hydroxylation is 2. The van der Waals surface area contributed by atoms with E-state index in [4.69, 9.17) is 9.47 Å². The highest BCUT2D eigenvalue weighted by Gasteiger charge is 2.44. The van der Waals surface area contributed by atoms with Gasteiger partial charge in [0.15, 0.2) is 0 Å². The highest BCUT2D eigenvalue weighted by molar-refractivity contribution is 5.99. The number of hydrogen-bond acceptors (Lipinski definition) is 5. The minimum absolute atomic E-state index is 0.136. The molecular formula is C34H41N3O5. The molecule has 2 unspecified atom stereocenters. The number of nitrogens with one attached hydrogen (secondary N) is 2. The lowest BCUT2D eigenvalue weighted by atomic mass is 9.97. The molecule has 0 radical (unpaired) electrons. The molecule has 8 heteroatoms. The molecule has 1 saturated carbocycles. The first-order chi connectivity index (χ1) is 19.9. The molecule has 42 heavy (non-hydrogen) atoms. The van der Waals surface area contributed by atoms with E-state index < -0.39 is 23.8 Å². The van der Waals surface area contributed by atoms with Crippen molar-refractivity contribution in [2.75, 3.05) is 12.4 Å². The van der Waals surface area contributed by atoms with Gasteiger partial charge in [-0.25, -0.2) is 4.79 Å². The molecule has 0 bridgehead atoms. The minimum Gasteiger partial charge on any atom is -0.497 e. The number of hydrogen-bond donors (Lipinski definition) is 2. The lowest BCUT2D eigenvalue weighted by Crippen LogP contribution is -2.54. The third kappa shape index (κ3) is 8.35. The van der Waals surface area contributed by atoms with Crippen LogP contribution in [0.15, 0.2) is 72.8 Å². The van der Waals surface area contributed by atoms with Crippen LogP contribution in [0.5, 0.6) is 5.75 Å². The maximum absolute atomic E-state index is 14.5. The molecular weight excluding hydrogens is 530 g/mol. The topological polar surface area (TPSA) is 97.0 Å². The summed E-state index contributed by atoms with van der Waals surface area (Å²) in [5.74, 6) is 0.00742. The average molecular weight is 572 g/mol. The molecule has 1 aliphatic carbocycles. The van der Waals surface area contributed by atoms with Gasteiger partial charge < -0.3 is 25.0 Å². The maximum atomic E-state index is 14.5. The second kappa shape index (κ2) is 13.1. The molecule has 2 atom stereocenters. The third-order valence-electron chi connectivity index (χ3n) is 6.91. The van der Waals surface area contributed by atoms with Crippen LogP contribution in [0.4, 0.5) is 10.5 Å². The molecule has 0 saturated heterocycles. The Morgan fingerprint density at radius 2 is 1.55 bits per heavy atom. The second-order valence-corrected chi connectivity index (χ2v) is 11.9. The van der Waals surface area contributed by atoms with Gasteiger partial charge in [0, 0.05) is 18.2 Å². The minimum atomic E-state index is -0.940. The summed E-state index contributed by atoms with van der Waals surface area (Å²) in [4.78, 5) is 43.2. The van der Waals surface area contributed by atoms with Gasteiger partial charge in [0.25, 0.3) is 5.91 Å². The molecule has 2 N–H and O–H groups in total. The number of alkyl carbamates (subject to hydrolysis) is 1. The van der Waals surface area contributed by atoms with Crippen LogP contribution in [0.3, 0.4) is 0 Å². The number of carbonyl (C=O) groups excluding carboxylic acids is 3. The number of amides is 3. The van der Waals surface area contributed by atoms with Crippen LogP contribution in [-0.2, 0) is 20.7 Å². The Labute approximate surface area is 248 Å². The van der Waals surface area contributed by atoms with Gasteiger partial charge in [-0.1, -0.05) is 59.7 Å². The molecule has 0 aromatic heterocycles. The standard InChI is InChI=1S/C34H41N3O5/c1-22-18-23(2)20-25(19-22)30(31(38)35-26-12-16-28(41-6)17-13-26)37(27-14-15-27)32(39)29(21-24-10-8-7-9-11-24)36-33(40)42-34(3,4)5/h7-13,16-20,27,29-30H,14-15,21H2,1-6H3,(H,35,38)(H,36,40). The zero-order valence-electron chi connectivity index (χ0n) is 25.3. The predicted molar refractivity (Wildman–Crippen MR) is 163 cm³/mol. The van der Waals surface area contributed by atoms with E-state index in [0.717, 1.165) is 35.1 Å². The summed E-state index contributed by atoms with van der Waals surface area (Å²) in [6, 6.07) is 20.5. The van der Waals surface area contributed by atoms with Gasteiger partial charge >= 0.3 is 6.09 Å². The summed E-state index contributed by atoms with van der Waals surface area (Å²) >= 11 is 0. The van der Waals surface area contributed by atoms with Crippen LogP contribution < -0.4 is 15.4 Å². The number of benzene rings is 3. The molecule has 8 nitrogen and oxygen atoms in total. The summed E-state index contributed by atoms with van der Waals surface area (Å²) in [7, 11) is 1.58. The van der Waals surface area contributed by atoms with Crippen molar-refractivity contribution in [2.45, 2.75) is 77.6 Å². The Morgan fingerprint density at radius 3 is 2.10 bits per heavy atom. The maximum Gasteiger partial charge on any atom is 0.408 e. The summed E-state index contributed by atoms with van der Waals surface area (Å²) < 4.78 is 10.8. The summed E-state index contributed by atoms with van der Waals surface area (Å²) in [5, 5.41) is 5.83. The normalized spacial score (nSPS) is 14.3. The predicted octanol–water partition coefficient (Wildman–Crippen LogP) is 6.12. The van der Waals surface area contributed by atoms with Gasteiger partial charge in [-0.2, -0.15) is 0 Å². The van der Waals surface area contributed by atoms with E-state index >= 15 is 0 Å². The molecule has 222 valence electrons. The Hall–Kier alpha value is -4.33. The van der Waals surface area contributed by atoms with Crippen molar-refractivity contribution in [1.29, 1.82) is 0 Å². The van der Waals surface area contributed by atoms with Crippen molar-refractivity contribution in [3.05, 3.63) is 95.1 Å². The van der Waals surface area contributed by atoms with Crippen LogP contribution >= 0.6 is 0 Å². The van der Waals surface area contributed by atoms with Gasteiger partial charge in [-0.15, -0.1) is 0 Å². The first kappa shape index (κ1) is 30.6. The first-order valence-corrected chi connectivity index (χ1v) is 14.3. The van der Waals surface area contributed by atoms with Crippen molar-refractivity contribution in [1.82, 2.24) is 10.2 Å². The van der Waals surface area contributed by atoms with E-state index in [1.54, 1.807) is 57.0 Å². The average Bonchev–Trinajstić information content (AvgIpc) is 3.75. The van der Waals surface area contributed by atoms with Crippen molar-refractivity contribution < 1.29 is 23.9 Å². The fourth-order valence-corrected chi connectivity index (χ4v) is 5.04. The molecule has 3 amide bonds. The summed E-state index contributed by atoms with van der Waals surface area (Å²) in [6.45, 7) is 9.27. The van der Waals surface area contributed by atoms with Gasteiger partial charge in [0.05, 0.1) is 7.11 Å². The number of ether oxygens (including phenoxy) is 2. The van der Waals surface area contributed by atoms with Crippen LogP contribution in [0.25, 0.3) is 0 Å². The molecule has 0 spiro atoms. The zero-order chi connectivity index (χ0) is 30.4. The molecule has 1 fully saturated rings. The van der Waals surface area contributed by atoms with E-state index in [0.29, 0.717) is 11.4 Å². The molecule has 1 aliphatic rings. The fourth-order valence-electron chi connectivity index (χ4n) is 5.04. The van der Waals surface area contributed by atoms with Crippen LogP contribution in [0.2, 0.25) is 0 Å². The lowest BCUT2D eigenvalue weighted by molar-refractivity contribution is -0.141. The SMILES string of the molecule is COc1ccc(NC(=O)C(c2cc(C)cc(C)c2)N(C(=O)C(Cc2ccccc2)NC(=O)OC(C)(C)C)C2CC2)cc1. The monoisotopic (exact) mass is 571 g/mol. The largest absolute Gasteiger partial charge is 0.497 e. The Balaban J connectivity index is 1.73. The van der Waals surface area contributed by atoms with Gasteiger partial charge in [-0.3, -0.25) is 9.59 Å². The highest BCUT2D eigenvalue weighted by atomic mass is 16.6. The molecule has 3 aromatic carbocycles. The number of carbonyl (C=O) groups is 3. The lowest BCUT2D eigenvalue weighted by Gasteiger charge is -2.35. The van der Waals surface area contributed by atoms with Gasteiger partial charge in [-0.05, 0) is 82.9 Å². The number of rotatable bonds is 10. The Bertz CT molecular complexity index is 1370. The zero-order valence-corrected chi connectivity index (χ0v) is 25.3. The third-order valence-corrected chi connectivity index (χ3v) is 6.91. The van der Waals surface area contributed by atoms with Crippen molar-refractivity contribution in [3.8, 4) is 5.75 Å². The van der Waals surface area contributed by atoms with Crippen LogP contribution in [0, 0.1) is 13.8 Å². The summed E-state index contributed by atoms with van der Waals surface area (Å²) in [6.07, 6.45) is 1.11. The Kier molecular flexibility index (Phi) is 9.55. The molecule has 0 aliphatic heterocycles. The van der Waals surface area contributed by atoms with E-state index in [-0.39, 0.29) is 24.3 Å². The Morgan fingerprint density at radius 1 is 0.929 bits per heavy atom. The first-order valence-electron chi connectivity index (χ1n) is 14.3. The van der Waals surface area contributed by atoms with Crippen LogP contribution in [0.1, 0.15) is 61.9 Å². The van der Waals surface area contributed by atoms with Crippen molar-refractivity contribution in [2.24, 2.45) is 0 Å². The number of anilines is 1. The molecule has 0 heterocycles.